The van der Waals surface area contributed by atoms with E-state index >= 15 is 0 Å². The third-order valence-electron chi connectivity index (χ3n) is 3.82. The van der Waals surface area contributed by atoms with Crippen LogP contribution in [0.4, 0.5) is 0 Å². The summed E-state index contributed by atoms with van der Waals surface area (Å²) in [6.07, 6.45) is 0.839. The van der Waals surface area contributed by atoms with E-state index in [4.69, 9.17) is 14.2 Å². The van der Waals surface area contributed by atoms with Crippen LogP contribution in [0.5, 0.6) is 5.75 Å². The van der Waals surface area contributed by atoms with Crippen molar-refractivity contribution in [3.8, 4) is 5.75 Å². The smallest absolute Gasteiger partial charge is 0.310 e. The largest absolute Gasteiger partial charge is 0.493 e. The molecule has 0 spiro atoms. The summed E-state index contributed by atoms with van der Waals surface area (Å²) < 4.78 is 15.7. The van der Waals surface area contributed by atoms with Gasteiger partial charge in [-0.25, -0.2) is 0 Å². The number of methoxy groups -OCH3 is 2. The first kappa shape index (κ1) is 21.8. The molecule has 0 heterocycles. The Hall–Kier alpha value is -2.28. The van der Waals surface area contributed by atoms with Gasteiger partial charge in [-0.1, -0.05) is 19.1 Å². The van der Waals surface area contributed by atoms with Gasteiger partial charge in [0.2, 0.25) is 0 Å². The first-order valence-corrected chi connectivity index (χ1v) is 8.75. The molecule has 0 amide bonds. The molecular weight excluding hydrogens is 334 g/mol. The maximum Gasteiger partial charge on any atom is 0.310 e. The molecule has 0 aliphatic heterocycles. The average Bonchev–Trinajstić information content (AvgIpc) is 2.65. The zero-order valence-corrected chi connectivity index (χ0v) is 16.4. The minimum atomic E-state index is -0.252. The van der Waals surface area contributed by atoms with E-state index in [0.717, 1.165) is 23.3 Å². The third-order valence-corrected chi connectivity index (χ3v) is 3.82. The van der Waals surface area contributed by atoms with Gasteiger partial charge in [0, 0.05) is 45.8 Å². The number of hydrogen-bond acceptors (Lipinski definition) is 5. The van der Waals surface area contributed by atoms with Gasteiger partial charge in [-0.2, -0.15) is 0 Å². The maximum absolute atomic E-state index is 11.5. The molecule has 0 aliphatic carbocycles. The van der Waals surface area contributed by atoms with Crippen molar-refractivity contribution < 1.29 is 19.0 Å². The Labute approximate surface area is 156 Å². The van der Waals surface area contributed by atoms with E-state index in [1.54, 1.807) is 21.1 Å². The van der Waals surface area contributed by atoms with Crippen LogP contribution in [0.2, 0.25) is 0 Å². The highest BCUT2D eigenvalue weighted by molar-refractivity contribution is 5.80. The van der Waals surface area contributed by atoms with Gasteiger partial charge in [0.05, 0.1) is 19.6 Å². The summed E-state index contributed by atoms with van der Waals surface area (Å²) in [5.41, 5.74) is 2.18. The Morgan fingerprint density at radius 2 is 2.00 bits per heavy atom. The van der Waals surface area contributed by atoms with E-state index in [0.29, 0.717) is 32.3 Å². The van der Waals surface area contributed by atoms with Gasteiger partial charge >= 0.3 is 5.97 Å². The Morgan fingerprint density at radius 3 is 2.65 bits per heavy atom. The van der Waals surface area contributed by atoms with Gasteiger partial charge in [0.25, 0.3) is 0 Å². The van der Waals surface area contributed by atoms with E-state index in [9.17, 15) is 4.79 Å². The summed E-state index contributed by atoms with van der Waals surface area (Å²) in [7, 11) is 4.76. The standard InChI is InChI=1S/C19H31N3O4/c1-14-7-8-16(17(11-14)26-10-6-9-24-4)13-22-19(20-3)21-12-15(2)18(23)25-5/h7-8,11,15H,6,9-10,12-13H2,1-5H3,(H2,20,21,22). The van der Waals surface area contributed by atoms with Crippen molar-refractivity contribution in [2.75, 3.05) is 41.0 Å². The molecule has 1 unspecified atom stereocenters. The van der Waals surface area contributed by atoms with Crippen molar-refractivity contribution >= 4 is 11.9 Å². The second kappa shape index (κ2) is 12.1. The molecule has 0 saturated carbocycles. The van der Waals surface area contributed by atoms with Gasteiger partial charge in [0.1, 0.15) is 5.75 Å². The lowest BCUT2D eigenvalue weighted by atomic mass is 10.1. The molecule has 0 radical (unpaired) electrons. The van der Waals surface area contributed by atoms with Crippen LogP contribution in [0, 0.1) is 12.8 Å². The Kier molecular flexibility index (Phi) is 10.2. The molecule has 2 N–H and O–H groups in total. The molecule has 0 saturated heterocycles. The van der Waals surface area contributed by atoms with Crippen LogP contribution in [-0.2, 0) is 20.8 Å². The summed E-state index contributed by atoms with van der Waals surface area (Å²) >= 11 is 0. The molecule has 0 aliphatic rings. The number of rotatable bonds is 10. The van der Waals surface area contributed by atoms with Crippen molar-refractivity contribution in [1.29, 1.82) is 0 Å². The van der Waals surface area contributed by atoms with Gasteiger partial charge in [-0.15, -0.1) is 0 Å². The average molecular weight is 365 g/mol. The number of nitrogens with zero attached hydrogens (tertiary/aromatic N) is 1. The number of benzene rings is 1. The number of nitrogens with one attached hydrogen (secondary N) is 2. The zero-order chi connectivity index (χ0) is 19.4. The summed E-state index contributed by atoms with van der Waals surface area (Å²) in [4.78, 5) is 15.6. The fraction of sp³-hybridized carbons (Fsp3) is 0.579. The maximum atomic E-state index is 11.5. The van der Waals surface area contributed by atoms with Crippen LogP contribution in [-0.4, -0.2) is 53.0 Å². The molecule has 0 fully saturated rings. The highest BCUT2D eigenvalue weighted by Crippen LogP contribution is 2.20. The lowest BCUT2D eigenvalue weighted by Crippen LogP contribution is -2.40. The van der Waals surface area contributed by atoms with E-state index < -0.39 is 0 Å². The number of guanidine groups is 1. The van der Waals surface area contributed by atoms with Crippen molar-refractivity contribution in [3.63, 3.8) is 0 Å². The number of aryl methyl sites for hydroxylation is 1. The fourth-order valence-electron chi connectivity index (χ4n) is 2.26. The summed E-state index contributed by atoms with van der Waals surface area (Å²) in [6, 6.07) is 6.12. The summed E-state index contributed by atoms with van der Waals surface area (Å²) in [5.74, 6) is 0.967. The van der Waals surface area contributed by atoms with Gasteiger partial charge < -0.3 is 24.8 Å². The van der Waals surface area contributed by atoms with Crippen LogP contribution in [0.25, 0.3) is 0 Å². The Morgan fingerprint density at radius 1 is 1.23 bits per heavy atom. The lowest BCUT2D eigenvalue weighted by Gasteiger charge is -2.17. The van der Waals surface area contributed by atoms with Crippen LogP contribution in [0.15, 0.2) is 23.2 Å². The predicted octanol–water partition coefficient (Wildman–Crippen LogP) is 1.88. The molecule has 26 heavy (non-hydrogen) atoms. The molecule has 1 aromatic carbocycles. The molecular formula is C19H31N3O4. The van der Waals surface area contributed by atoms with Crippen molar-refractivity contribution in [3.05, 3.63) is 29.3 Å². The van der Waals surface area contributed by atoms with E-state index in [1.165, 1.54) is 7.11 Å². The molecule has 0 aromatic heterocycles. The second-order valence-corrected chi connectivity index (χ2v) is 6.04. The molecule has 0 bridgehead atoms. The van der Waals surface area contributed by atoms with E-state index in [-0.39, 0.29) is 11.9 Å². The molecule has 146 valence electrons. The molecule has 1 atom stereocenters. The second-order valence-electron chi connectivity index (χ2n) is 6.04. The van der Waals surface area contributed by atoms with Gasteiger partial charge in [-0.05, 0) is 18.6 Å². The summed E-state index contributed by atoms with van der Waals surface area (Å²) in [6.45, 7) is 6.13. The number of carbonyl (C=O) groups is 1. The van der Waals surface area contributed by atoms with Gasteiger partial charge in [0.15, 0.2) is 5.96 Å². The summed E-state index contributed by atoms with van der Waals surface area (Å²) in [5, 5.41) is 6.37. The minimum Gasteiger partial charge on any atom is -0.493 e. The third kappa shape index (κ3) is 7.74. The Bertz CT molecular complexity index is 590. The quantitative estimate of drug-likeness (QED) is 0.285. The van der Waals surface area contributed by atoms with Crippen LogP contribution in [0.1, 0.15) is 24.5 Å². The number of ether oxygens (including phenoxy) is 3. The lowest BCUT2D eigenvalue weighted by molar-refractivity contribution is -0.144. The van der Waals surface area contributed by atoms with Gasteiger partial charge in [-0.3, -0.25) is 9.79 Å². The highest BCUT2D eigenvalue weighted by atomic mass is 16.5. The molecule has 1 aromatic rings. The minimum absolute atomic E-state index is 0.252. The fourth-order valence-corrected chi connectivity index (χ4v) is 2.26. The first-order chi connectivity index (χ1) is 12.5. The normalized spacial score (nSPS) is 12.4. The SMILES string of the molecule is CN=C(NCc1ccc(C)cc1OCCCOC)NCC(C)C(=O)OC. The number of hydrogen-bond donors (Lipinski definition) is 2. The number of carbonyl (C=O) groups excluding carboxylic acids is 1. The highest BCUT2D eigenvalue weighted by Gasteiger charge is 2.13. The number of aliphatic imine (C=N–C) groups is 1. The zero-order valence-electron chi connectivity index (χ0n) is 16.4. The van der Waals surface area contributed by atoms with E-state index in [2.05, 4.69) is 21.7 Å². The topological polar surface area (TPSA) is 81.2 Å². The van der Waals surface area contributed by atoms with Crippen LogP contribution >= 0.6 is 0 Å². The molecule has 1 rings (SSSR count). The monoisotopic (exact) mass is 365 g/mol. The van der Waals surface area contributed by atoms with Crippen molar-refractivity contribution in [2.24, 2.45) is 10.9 Å². The van der Waals surface area contributed by atoms with E-state index in [1.807, 2.05) is 19.1 Å². The van der Waals surface area contributed by atoms with Crippen LogP contribution in [0.3, 0.4) is 0 Å². The predicted molar refractivity (Wildman–Crippen MR) is 103 cm³/mol. The van der Waals surface area contributed by atoms with Crippen molar-refractivity contribution in [1.82, 2.24) is 10.6 Å². The number of esters is 1. The molecule has 7 nitrogen and oxygen atoms in total. The molecule has 7 heteroatoms. The van der Waals surface area contributed by atoms with Crippen LogP contribution < -0.4 is 15.4 Å². The first-order valence-electron chi connectivity index (χ1n) is 8.75. The Balaban J connectivity index is 2.59. The van der Waals surface area contributed by atoms with Crippen molar-refractivity contribution in [2.45, 2.75) is 26.8 Å².